The van der Waals surface area contributed by atoms with Gasteiger partial charge in [-0.25, -0.2) is 4.79 Å². The number of aliphatic carboxylic acids is 1. The number of methoxy groups -OCH3 is 3. The van der Waals surface area contributed by atoms with Crippen LogP contribution in [0.2, 0.25) is 0 Å². The normalized spacial score (nSPS) is 11.8. The fourth-order valence-electron chi connectivity index (χ4n) is 2.30. The molecule has 1 aromatic rings. The monoisotopic (exact) mass is 339 g/mol. The lowest BCUT2D eigenvalue weighted by molar-refractivity contribution is -0.143. The van der Waals surface area contributed by atoms with Crippen molar-refractivity contribution in [2.75, 3.05) is 21.3 Å². The molecule has 0 unspecified atom stereocenters. The van der Waals surface area contributed by atoms with Gasteiger partial charge < -0.3 is 24.6 Å². The van der Waals surface area contributed by atoms with Crippen LogP contribution >= 0.6 is 0 Å². The first-order valence-corrected chi connectivity index (χ1v) is 7.65. The SMILES string of the molecule is COc1cc(CCC(=O)N[C@H](C(=O)O)C(C)C)cc(OC)c1OC. The molecule has 0 aliphatic rings. The highest BCUT2D eigenvalue weighted by Crippen LogP contribution is 2.38. The van der Waals surface area contributed by atoms with Gasteiger partial charge in [0.05, 0.1) is 21.3 Å². The summed E-state index contributed by atoms with van der Waals surface area (Å²) in [4.78, 5) is 23.1. The molecule has 0 heterocycles. The third kappa shape index (κ3) is 5.04. The van der Waals surface area contributed by atoms with E-state index in [0.29, 0.717) is 23.7 Å². The second kappa shape index (κ2) is 9.00. The molecular formula is C17H25NO6. The zero-order valence-corrected chi connectivity index (χ0v) is 14.7. The average Bonchev–Trinajstić information content (AvgIpc) is 2.55. The Hall–Kier alpha value is -2.44. The lowest BCUT2D eigenvalue weighted by atomic mass is 10.0. The van der Waals surface area contributed by atoms with Crippen LogP contribution in [0.3, 0.4) is 0 Å². The van der Waals surface area contributed by atoms with Crippen LogP contribution in [0.1, 0.15) is 25.8 Å². The van der Waals surface area contributed by atoms with Crippen molar-refractivity contribution in [1.82, 2.24) is 5.32 Å². The van der Waals surface area contributed by atoms with Crippen molar-refractivity contribution in [1.29, 1.82) is 0 Å². The highest BCUT2D eigenvalue weighted by Gasteiger charge is 2.23. The van der Waals surface area contributed by atoms with E-state index in [0.717, 1.165) is 5.56 Å². The number of hydrogen-bond acceptors (Lipinski definition) is 5. The van der Waals surface area contributed by atoms with Gasteiger partial charge in [-0.1, -0.05) is 13.8 Å². The summed E-state index contributed by atoms with van der Waals surface area (Å²) >= 11 is 0. The number of hydrogen-bond donors (Lipinski definition) is 2. The number of carboxylic acid groups (broad SMARTS) is 1. The molecule has 0 fully saturated rings. The van der Waals surface area contributed by atoms with Gasteiger partial charge in [-0.05, 0) is 30.0 Å². The van der Waals surface area contributed by atoms with Gasteiger partial charge in [-0.3, -0.25) is 4.79 Å². The Morgan fingerprint density at radius 1 is 1.08 bits per heavy atom. The Morgan fingerprint density at radius 3 is 2.00 bits per heavy atom. The van der Waals surface area contributed by atoms with Crippen LogP contribution in [0.5, 0.6) is 17.2 Å². The summed E-state index contributed by atoms with van der Waals surface area (Å²) in [7, 11) is 4.56. The fraction of sp³-hybridized carbons (Fsp3) is 0.529. The summed E-state index contributed by atoms with van der Waals surface area (Å²) in [6.45, 7) is 3.50. The Balaban J connectivity index is 2.80. The molecule has 1 rings (SSSR count). The Morgan fingerprint density at radius 2 is 1.62 bits per heavy atom. The summed E-state index contributed by atoms with van der Waals surface area (Å²) in [5.41, 5.74) is 0.830. The van der Waals surface area contributed by atoms with Gasteiger partial charge in [0.25, 0.3) is 0 Å². The third-order valence-corrected chi connectivity index (χ3v) is 3.61. The smallest absolute Gasteiger partial charge is 0.326 e. The standard InChI is InChI=1S/C17H25NO6/c1-10(2)15(17(20)21)18-14(19)7-6-11-8-12(22-3)16(24-5)13(9-11)23-4/h8-10,15H,6-7H2,1-5H3,(H,18,19)(H,20,21)/t15-/m0/s1. The number of aryl methyl sites for hydroxylation is 1. The number of rotatable bonds is 9. The summed E-state index contributed by atoms with van der Waals surface area (Å²) in [6.07, 6.45) is 0.585. The molecule has 1 amide bonds. The minimum absolute atomic E-state index is 0.162. The van der Waals surface area contributed by atoms with E-state index in [1.165, 1.54) is 21.3 Å². The van der Waals surface area contributed by atoms with Crippen LogP contribution in [-0.2, 0) is 16.0 Å². The summed E-state index contributed by atoms with van der Waals surface area (Å²) < 4.78 is 15.8. The second-order valence-corrected chi connectivity index (χ2v) is 5.66. The molecule has 0 aliphatic carbocycles. The molecule has 2 N–H and O–H groups in total. The Kier molecular flexibility index (Phi) is 7.35. The molecule has 7 nitrogen and oxygen atoms in total. The van der Waals surface area contributed by atoms with Crippen LogP contribution in [0.4, 0.5) is 0 Å². The van der Waals surface area contributed by atoms with Crippen LogP contribution in [0.25, 0.3) is 0 Å². The van der Waals surface area contributed by atoms with E-state index in [1.54, 1.807) is 26.0 Å². The number of ether oxygens (including phenoxy) is 3. The van der Waals surface area contributed by atoms with E-state index in [9.17, 15) is 9.59 Å². The van der Waals surface area contributed by atoms with Crippen LogP contribution in [0, 0.1) is 5.92 Å². The number of amides is 1. The summed E-state index contributed by atoms with van der Waals surface area (Å²) in [5, 5.41) is 11.7. The summed E-state index contributed by atoms with van der Waals surface area (Å²) in [5.74, 6) is -0.0294. The van der Waals surface area contributed by atoms with Gasteiger partial charge in [0, 0.05) is 6.42 Å². The zero-order valence-electron chi connectivity index (χ0n) is 14.7. The van der Waals surface area contributed by atoms with Crippen LogP contribution in [-0.4, -0.2) is 44.4 Å². The molecule has 0 saturated heterocycles. The predicted molar refractivity (Wildman–Crippen MR) is 88.8 cm³/mol. The molecule has 0 spiro atoms. The maximum Gasteiger partial charge on any atom is 0.326 e. The minimum atomic E-state index is -1.04. The van der Waals surface area contributed by atoms with Crippen molar-refractivity contribution in [2.24, 2.45) is 5.92 Å². The van der Waals surface area contributed by atoms with Crippen molar-refractivity contribution in [3.8, 4) is 17.2 Å². The summed E-state index contributed by atoms with van der Waals surface area (Å²) in [6, 6.07) is 2.65. The number of carboxylic acids is 1. The van der Waals surface area contributed by atoms with E-state index in [1.807, 2.05) is 0 Å². The molecule has 1 aromatic carbocycles. The van der Waals surface area contributed by atoms with E-state index < -0.39 is 12.0 Å². The van der Waals surface area contributed by atoms with Crippen molar-refractivity contribution in [3.05, 3.63) is 17.7 Å². The first-order valence-electron chi connectivity index (χ1n) is 7.65. The molecule has 24 heavy (non-hydrogen) atoms. The van der Waals surface area contributed by atoms with Crippen LogP contribution in [0.15, 0.2) is 12.1 Å². The molecule has 0 aromatic heterocycles. The van der Waals surface area contributed by atoms with Gasteiger partial charge in [0.15, 0.2) is 11.5 Å². The average molecular weight is 339 g/mol. The molecule has 0 aliphatic heterocycles. The van der Waals surface area contributed by atoms with Gasteiger partial charge in [0.2, 0.25) is 11.7 Å². The van der Waals surface area contributed by atoms with Crippen molar-refractivity contribution >= 4 is 11.9 Å². The van der Waals surface area contributed by atoms with Crippen molar-refractivity contribution in [3.63, 3.8) is 0 Å². The van der Waals surface area contributed by atoms with Gasteiger partial charge in [-0.15, -0.1) is 0 Å². The largest absolute Gasteiger partial charge is 0.493 e. The zero-order chi connectivity index (χ0) is 18.3. The van der Waals surface area contributed by atoms with Gasteiger partial charge in [0.1, 0.15) is 6.04 Å². The maximum atomic E-state index is 12.0. The maximum absolute atomic E-state index is 12.0. The number of nitrogens with one attached hydrogen (secondary N) is 1. The Labute approximate surface area is 141 Å². The number of carbonyl (C=O) groups is 2. The molecule has 0 saturated carbocycles. The molecular weight excluding hydrogens is 314 g/mol. The fourth-order valence-corrected chi connectivity index (χ4v) is 2.30. The van der Waals surface area contributed by atoms with E-state index in [2.05, 4.69) is 5.32 Å². The van der Waals surface area contributed by atoms with Gasteiger partial charge in [-0.2, -0.15) is 0 Å². The first-order chi connectivity index (χ1) is 11.3. The van der Waals surface area contributed by atoms with E-state index in [4.69, 9.17) is 19.3 Å². The van der Waals surface area contributed by atoms with Crippen molar-refractivity contribution < 1.29 is 28.9 Å². The Bertz CT molecular complexity index is 559. The quantitative estimate of drug-likeness (QED) is 0.713. The van der Waals surface area contributed by atoms with Gasteiger partial charge >= 0.3 is 5.97 Å². The lowest BCUT2D eigenvalue weighted by Gasteiger charge is -2.18. The van der Waals surface area contributed by atoms with E-state index in [-0.39, 0.29) is 18.2 Å². The molecule has 134 valence electrons. The highest BCUT2D eigenvalue weighted by atomic mass is 16.5. The third-order valence-electron chi connectivity index (χ3n) is 3.61. The number of benzene rings is 1. The van der Waals surface area contributed by atoms with Crippen LogP contribution < -0.4 is 19.5 Å². The second-order valence-electron chi connectivity index (χ2n) is 5.66. The minimum Gasteiger partial charge on any atom is -0.493 e. The number of carbonyl (C=O) groups excluding carboxylic acids is 1. The van der Waals surface area contributed by atoms with Crippen molar-refractivity contribution in [2.45, 2.75) is 32.7 Å². The molecule has 0 radical (unpaired) electrons. The topological polar surface area (TPSA) is 94.1 Å². The lowest BCUT2D eigenvalue weighted by Crippen LogP contribution is -2.44. The highest BCUT2D eigenvalue weighted by molar-refractivity contribution is 5.83. The molecule has 1 atom stereocenters. The molecule has 7 heteroatoms. The first kappa shape index (κ1) is 19.6. The molecule has 0 bridgehead atoms. The predicted octanol–water partition coefficient (Wildman–Crippen LogP) is 1.87. The van der Waals surface area contributed by atoms with E-state index >= 15 is 0 Å².